The Balaban J connectivity index is 1.60. The van der Waals surface area contributed by atoms with E-state index in [1.807, 2.05) is 18.2 Å². The Morgan fingerprint density at radius 2 is 2.04 bits per heavy atom. The van der Waals surface area contributed by atoms with E-state index >= 15 is 0 Å². The highest BCUT2D eigenvalue weighted by atomic mass is 35.5. The smallest absolute Gasteiger partial charge is 0.220 e. The molecule has 1 aromatic carbocycles. The molecule has 4 saturated carbocycles. The van der Waals surface area contributed by atoms with Gasteiger partial charge in [0.05, 0.1) is 11.6 Å². The van der Waals surface area contributed by atoms with Crippen LogP contribution in [0, 0.1) is 17.8 Å². The SMILES string of the molecule is CCCCCC(=O)N[C@@H](c1ccccc1)[C@H]1C2CC3C[C@](Cl)(C2)C[C@@]1(O)C3. The minimum absolute atomic E-state index is 0.0541. The predicted octanol–water partition coefficient (Wildman–Crippen LogP) is 4.97. The summed E-state index contributed by atoms with van der Waals surface area (Å²) in [5, 5.41) is 15.0. The molecule has 2 unspecified atom stereocenters. The molecule has 0 spiro atoms. The Morgan fingerprint density at radius 3 is 2.70 bits per heavy atom. The summed E-state index contributed by atoms with van der Waals surface area (Å²) in [7, 11) is 0. The second-order valence-electron chi connectivity index (χ2n) is 9.34. The Labute approximate surface area is 167 Å². The number of aliphatic hydroxyl groups is 1. The van der Waals surface area contributed by atoms with Crippen LogP contribution in [0.4, 0.5) is 0 Å². The zero-order valence-corrected chi connectivity index (χ0v) is 17.0. The van der Waals surface area contributed by atoms with E-state index in [-0.39, 0.29) is 22.7 Å². The van der Waals surface area contributed by atoms with Crippen LogP contribution in [-0.4, -0.2) is 21.5 Å². The Bertz CT molecular complexity index is 680. The molecule has 5 rings (SSSR count). The highest BCUT2D eigenvalue weighted by Crippen LogP contribution is 2.64. The fraction of sp³-hybridized carbons (Fsp3) is 0.696. The number of carbonyl (C=O) groups is 1. The minimum Gasteiger partial charge on any atom is -0.389 e. The normalized spacial score (nSPS) is 38.0. The number of nitrogens with one attached hydrogen (secondary N) is 1. The molecule has 3 nitrogen and oxygen atoms in total. The van der Waals surface area contributed by atoms with Crippen molar-refractivity contribution in [3.05, 3.63) is 35.9 Å². The quantitative estimate of drug-likeness (QED) is 0.510. The second-order valence-corrected chi connectivity index (χ2v) is 10.1. The van der Waals surface area contributed by atoms with Gasteiger partial charge in [0.1, 0.15) is 0 Å². The van der Waals surface area contributed by atoms with Gasteiger partial charge in [0, 0.05) is 17.2 Å². The van der Waals surface area contributed by atoms with E-state index in [1.54, 1.807) is 0 Å². The minimum atomic E-state index is -0.761. The standard InChI is InChI=1S/C23H32ClNO2/c1-2-3-5-10-19(26)25-21(17-8-6-4-7-9-17)20-18-11-16-12-22(24,14-18)15-23(20,27)13-16/h4,6-9,16,18,20-21,27H,2-3,5,10-15H2,1H3,(H,25,26)/t16?,18?,20-,21+,22+,23+/m1/s1. The van der Waals surface area contributed by atoms with Gasteiger partial charge < -0.3 is 10.4 Å². The Kier molecular flexibility index (Phi) is 5.28. The summed E-state index contributed by atoms with van der Waals surface area (Å²) in [4.78, 5) is 12.5. The topological polar surface area (TPSA) is 49.3 Å². The second kappa shape index (κ2) is 7.40. The maximum absolute atomic E-state index is 12.7. The molecule has 1 aromatic rings. The first kappa shape index (κ1) is 19.3. The van der Waals surface area contributed by atoms with Crippen molar-refractivity contribution in [2.45, 2.75) is 81.2 Å². The fourth-order valence-corrected chi connectivity index (χ4v) is 7.10. The number of hydrogen-bond acceptors (Lipinski definition) is 2. The van der Waals surface area contributed by atoms with Crippen molar-refractivity contribution in [2.24, 2.45) is 17.8 Å². The van der Waals surface area contributed by atoms with E-state index in [1.165, 1.54) is 0 Å². The lowest BCUT2D eigenvalue weighted by Gasteiger charge is -2.63. The molecule has 27 heavy (non-hydrogen) atoms. The van der Waals surface area contributed by atoms with Crippen LogP contribution in [0.2, 0.25) is 0 Å². The average Bonchev–Trinajstić information content (AvgIpc) is 2.59. The molecule has 0 saturated heterocycles. The molecule has 4 fully saturated rings. The van der Waals surface area contributed by atoms with Crippen LogP contribution in [0.1, 0.15) is 76.3 Å². The lowest BCUT2D eigenvalue weighted by atomic mass is 9.47. The van der Waals surface area contributed by atoms with Gasteiger partial charge in [-0.25, -0.2) is 0 Å². The summed E-state index contributed by atoms with van der Waals surface area (Å²) in [5.41, 5.74) is 0.346. The van der Waals surface area contributed by atoms with Gasteiger partial charge in [-0.05, 0) is 55.9 Å². The molecule has 4 bridgehead atoms. The van der Waals surface area contributed by atoms with E-state index in [2.05, 4.69) is 24.4 Å². The molecule has 0 radical (unpaired) electrons. The first-order valence-electron chi connectivity index (χ1n) is 10.7. The predicted molar refractivity (Wildman–Crippen MR) is 109 cm³/mol. The number of hydrogen-bond donors (Lipinski definition) is 2. The molecule has 148 valence electrons. The zero-order chi connectivity index (χ0) is 19.1. The Morgan fingerprint density at radius 1 is 1.26 bits per heavy atom. The van der Waals surface area contributed by atoms with Crippen LogP contribution in [-0.2, 0) is 4.79 Å². The lowest BCUT2D eigenvalue weighted by Crippen LogP contribution is -2.64. The van der Waals surface area contributed by atoms with E-state index < -0.39 is 5.60 Å². The van der Waals surface area contributed by atoms with Crippen molar-refractivity contribution in [3.8, 4) is 0 Å². The molecule has 0 heterocycles. The third-order valence-corrected chi connectivity index (χ3v) is 7.60. The zero-order valence-electron chi connectivity index (χ0n) is 16.3. The first-order chi connectivity index (χ1) is 12.9. The molecule has 1 amide bonds. The monoisotopic (exact) mass is 389 g/mol. The molecule has 4 heteroatoms. The highest BCUT2D eigenvalue weighted by Gasteiger charge is 2.63. The van der Waals surface area contributed by atoms with Gasteiger partial charge in [-0.3, -0.25) is 4.79 Å². The summed E-state index contributed by atoms with van der Waals surface area (Å²) in [6.45, 7) is 2.15. The summed E-state index contributed by atoms with van der Waals surface area (Å²) in [6.07, 6.45) is 8.31. The van der Waals surface area contributed by atoms with Crippen LogP contribution in [0.25, 0.3) is 0 Å². The van der Waals surface area contributed by atoms with Gasteiger partial charge in [-0.15, -0.1) is 11.6 Å². The van der Waals surface area contributed by atoms with Gasteiger partial charge in [0.15, 0.2) is 0 Å². The molecule has 0 aliphatic heterocycles. The number of halogens is 1. The maximum atomic E-state index is 12.7. The molecule has 4 aliphatic carbocycles. The van der Waals surface area contributed by atoms with Crippen LogP contribution in [0.3, 0.4) is 0 Å². The summed E-state index contributed by atoms with van der Waals surface area (Å²) < 4.78 is 0. The van der Waals surface area contributed by atoms with Crippen molar-refractivity contribution in [2.75, 3.05) is 0 Å². The number of unbranched alkanes of at least 4 members (excludes halogenated alkanes) is 2. The van der Waals surface area contributed by atoms with Crippen LogP contribution in [0.15, 0.2) is 30.3 Å². The maximum Gasteiger partial charge on any atom is 0.220 e. The lowest BCUT2D eigenvalue weighted by molar-refractivity contribution is -0.175. The van der Waals surface area contributed by atoms with E-state index in [0.717, 1.165) is 50.5 Å². The van der Waals surface area contributed by atoms with Gasteiger partial charge in [0.2, 0.25) is 5.91 Å². The number of carbonyl (C=O) groups excluding carboxylic acids is 1. The number of amides is 1. The van der Waals surface area contributed by atoms with E-state index in [9.17, 15) is 9.90 Å². The van der Waals surface area contributed by atoms with Crippen molar-refractivity contribution < 1.29 is 9.90 Å². The molecule has 2 N–H and O–H groups in total. The average molecular weight is 390 g/mol. The number of alkyl halides is 1. The van der Waals surface area contributed by atoms with Crippen LogP contribution >= 0.6 is 11.6 Å². The van der Waals surface area contributed by atoms with E-state index in [4.69, 9.17) is 11.6 Å². The van der Waals surface area contributed by atoms with Crippen molar-refractivity contribution in [3.63, 3.8) is 0 Å². The molecule has 0 aromatic heterocycles. The third kappa shape index (κ3) is 3.78. The van der Waals surface area contributed by atoms with E-state index in [0.29, 0.717) is 24.7 Å². The van der Waals surface area contributed by atoms with Crippen LogP contribution < -0.4 is 5.32 Å². The van der Waals surface area contributed by atoms with Gasteiger partial charge in [0.25, 0.3) is 0 Å². The van der Waals surface area contributed by atoms with Gasteiger partial charge >= 0.3 is 0 Å². The summed E-state index contributed by atoms with van der Waals surface area (Å²) >= 11 is 6.88. The fourth-order valence-electron chi connectivity index (χ4n) is 6.46. The van der Waals surface area contributed by atoms with Gasteiger partial charge in [-0.1, -0.05) is 50.1 Å². The molecular weight excluding hydrogens is 358 g/mol. The van der Waals surface area contributed by atoms with Crippen molar-refractivity contribution >= 4 is 17.5 Å². The van der Waals surface area contributed by atoms with Crippen LogP contribution in [0.5, 0.6) is 0 Å². The van der Waals surface area contributed by atoms with Gasteiger partial charge in [-0.2, -0.15) is 0 Å². The molecule has 4 aliphatic rings. The number of rotatable bonds is 7. The Hall–Kier alpha value is -1.06. The van der Waals surface area contributed by atoms with Crippen molar-refractivity contribution in [1.29, 1.82) is 0 Å². The number of benzene rings is 1. The highest BCUT2D eigenvalue weighted by molar-refractivity contribution is 6.24. The summed E-state index contributed by atoms with van der Waals surface area (Å²) in [5.74, 6) is 1.08. The third-order valence-electron chi connectivity index (χ3n) is 7.15. The molecule has 6 atom stereocenters. The largest absolute Gasteiger partial charge is 0.389 e. The van der Waals surface area contributed by atoms with Crippen molar-refractivity contribution in [1.82, 2.24) is 5.32 Å². The first-order valence-corrected chi connectivity index (χ1v) is 11.1. The summed E-state index contributed by atoms with van der Waals surface area (Å²) in [6, 6.07) is 10.1. The molecular formula is C23H32ClNO2.